The Labute approximate surface area is 135 Å². The van der Waals surface area contributed by atoms with E-state index < -0.39 is 0 Å². The zero-order valence-corrected chi connectivity index (χ0v) is 13.9. The van der Waals surface area contributed by atoms with E-state index in [0.29, 0.717) is 0 Å². The second-order valence-electron chi connectivity index (χ2n) is 5.52. The largest absolute Gasteiger partial charge is 0.366 e. The predicted octanol–water partition coefficient (Wildman–Crippen LogP) is 4.68. The molecular formula is C17H21ClN2S. The van der Waals surface area contributed by atoms with Gasteiger partial charge in [0.1, 0.15) is 0 Å². The van der Waals surface area contributed by atoms with Gasteiger partial charge in [-0.1, -0.05) is 23.7 Å². The van der Waals surface area contributed by atoms with Crippen LogP contribution in [0.2, 0.25) is 5.02 Å². The third kappa shape index (κ3) is 4.00. The minimum absolute atomic E-state index is 0.723. The summed E-state index contributed by atoms with van der Waals surface area (Å²) in [4.78, 5) is 3.79. The molecular weight excluding hydrogens is 300 g/mol. The highest BCUT2D eigenvalue weighted by Gasteiger charge is 2.21. The van der Waals surface area contributed by atoms with Gasteiger partial charge in [0.25, 0.3) is 0 Å². The quantitative estimate of drug-likeness (QED) is 0.797. The molecule has 21 heavy (non-hydrogen) atoms. The molecule has 1 aromatic heterocycles. The summed E-state index contributed by atoms with van der Waals surface area (Å²) < 4.78 is 0. The van der Waals surface area contributed by atoms with Gasteiger partial charge in [-0.3, -0.25) is 0 Å². The second kappa shape index (κ2) is 6.82. The van der Waals surface area contributed by atoms with Gasteiger partial charge in [-0.2, -0.15) is 0 Å². The van der Waals surface area contributed by atoms with Crippen LogP contribution in [0.4, 0.5) is 5.69 Å². The molecule has 0 aliphatic heterocycles. The maximum absolute atomic E-state index is 6.23. The number of halogens is 1. The van der Waals surface area contributed by atoms with Crippen LogP contribution in [-0.4, -0.2) is 12.6 Å². The fraction of sp³-hybridized carbons (Fsp3) is 0.412. The van der Waals surface area contributed by atoms with Crippen molar-refractivity contribution in [3.05, 3.63) is 51.2 Å². The molecule has 0 radical (unpaired) electrons. The van der Waals surface area contributed by atoms with E-state index in [-0.39, 0.29) is 0 Å². The minimum Gasteiger partial charge on any atom is -0.366 e. The van der Waals surface area contributed by atoms with Gasteiger partial charge in [0.2, 0.25) is 0 Å². The lowest BCUT2D eigenvalue weighted by Gasteiger charge is -2.26. The lowest BCUT2D eigenvalue weighted by molar-refractivity contribution is 0.683. The number of hydrogen-bond acceptors (Lipinski definition) is 3. The van der Waals surface area contributed by atoms with Crippen molar-refractivity contribution in [2.24, 2.45) is 0 Å². The summed E-state index contributed by atoms with van der Waals surface area (Å²) in [5, 5.41) is 6.55. The van der Waals surface area contributed by atoms with Crippen LogP contribution in [0.3, 0.4) is 0 Å². The van der Waals surface area contributed by atoms with Crippen molar-refractivity contribution in [1.82, 2.24) is 5.32 Å². The Balaban J connectivity index is 1.80. The number of benzene rings is 1. The zero-order chi connectivity index (χ0) is 14.7. The first-order valence-corrected chi connectivity index (χ1v) is 8.81. The van der Waals surface area contributed by atoms with Crippen molar-refractivity contribution in [2.75, 3.05) is 11.4 Å². The van der Waals surface area contributed by atoms with E-state index in [1.807, 2.05) is 17.4 Å². The van der Waals surface area contributed by atoms with E-state index in [0.717, 1.165) is 30.7 Å². The van der Waals surface area contributed by atoms with Gasteiger partial charge < -0.3 is 10.2 Å². The summed E-state index contributed by atoms with van der Waals surface area (Å²) in [6.07, 6.45) is 2.63. The van der Waals surface area contributed by atoms with Crippen molar-refractivity contribution in [3.63, 3.8) is 0 Å². The van der Waals surface area contributed by atoms with Crippen LogP contribution in [0.1, 0.15) is 30.2 Å². The van der Waals surface area contributed by atoms with Crippen molar-refractivity contribution in [2.45, 2.75) is 38.9 Å². The SMILES string of the molecule is CCN(Cc1cccs1)c1cc(Cl)ccc1CNC1CC1. The third-order valence-electron chi connectivity index (χ3n) is 3.86. The first kappa shape index (κ1) is 14.9. The molecule has 1 aliphatic carbocycles. The average molecular weight is 321 g/mol. The Hall–Kier alpha value is -1.03. The predicted molar refractivity (Wildman–Crippen MR) is 92.4 cm³/mol. The standard InChI is InChI=1S/C17H21ClN2S/c1-2-20(12-16-4-3-9-21-16)17-10-14(18)6-5-13(17)11-19-15-7-8-15/h3-6,9-10,15,19H,2,7-8,11-12H2,1H3. The topological polar surface area (TPSA) is 15.3 Å². The molecule has 0 bridgehead atoms. The maximum Gasteiger partial charge on any atom is 0.0522 e. The smallest absolute Gasteiger partial charge is 0.0522 e. The van der Waals surface area contributed by atoms with Gasteiger partial charge in [-0.05, 0) is 48.9 Å². The molecule has 0 atom stereocenters. The molecule has 2 nitrogen and oxygen atoms in total. The molecule has 3 rings (SSSR count). The van der Waals surface area contributed by atoms with E-state index in [4.69, 9.17) is 11.6 Å². The zero-order valence-electron chi connectivity index (χ0n) is 12.3. The maximum atomic E-state index is 6.23. The van der Waals surface area contributed by atoms with Gasteiger partial charge in [-0.25, -0.2) is 0 Å². The van der Waals surface area contributed by atoms with Crippen LogP contribution < -0.4 is 10.2 Å². The van der Waals surface area contributed by atoms with Gasteiger partial charge in [-0.15, -0.1) is 11.3 Å². The Morgan fingerprint density at radius 2 is 2.19 bits per heavy atom. The highest BCUT2D eigenvalue weighted by molar-refractivity contribution is 7.09. The van der Waals surface area contributed by atoms with E-state index in [9.17, 15) is 0 Å². The highest BCUT2D eigenvalue weighted by Crippen LogP contribution is 2.28. The first-order chi connectivity index (χ1) is 10.3. The summed E-state index contributed by atoms with van der Waals surface area (Å²) in [6, 6.07) is 11.3. The molecule has 0 unspecified atom stereocenters. The molecule has 1 N–H and O–H groups in total. The average Bonchev–Trinajstić information content (AvgIpc) is 3.18. The van der Waals surface area contributed by atoms with Gasteiger partial charge >= 0.3 is 0 Å². The lowest BCUT2D eigenvalue weighted by atomic mass is 10.1. The Morgan fingerprint density at radius 3 is 2.86 bits per heavy atom. The monoisotopic (exact) mass is 320 g/mol. The fourth-order valence-electron chi connectivity index (χ4n) is 2.48. The van der Waals surface area contributed by atoms with E-state index >= 15 is 0 Å². The van der Waals surface area contributed by atoms with Crippen LogP contribution in [0.15, 0.2) is 35.7 Å². The fourth-order valence-corrected chi connectivity index (χ4v) is 3.37. The number of thiophene rings is 1. The number of anilines is 1. The second-order valence-corrected chi connectivity index (χ2v) is 6.99. The third-order valence-corrected chi connectivity index (χ3v) is 4.95. The van der Waals surface area contributed by atoms with Crippen LogP contribution in [0, 0.1) is 0 Å². The molecule has 1 heterocycles. The summed E-state index contributed by atoms with van der Waals surface area (Å²) in [5.41, 5.74) is 2.59. The van der Waals surface area contributed by atoms with Gasteiger partial charge in [0.05, 0.1) is 6.54 Å². The van der Waals surface area contributed by atoms with Crippen LogP contribution in [0.5, 0.6) is 0 Å². The molecule has 1 aliphatic rings. The van der Waals surface area contributed by atoms with Crippen LogP contribution >= 0.6 is 22.9 Å². The van der Waals surface area contributed by atoms with Crippen LogP contribution in [-0.2, 0) is 13.1 Å². The highest BCUT2D eigenvalue weighted by atomic mass is 35.5. The summed E-state index contributed by atoms with van der Waals surface area (Å²) in [6.45, 7) is 5.06. The van der Waals surface area contributed by atoms with Gasteiger partial charge in [0, 0.05) is 34.7 Å². The number of nitrogens with zero attached hydrogens (tertiary/aromatic N) is 1. The molecule has 2 aromatic rings. The summed E-state index contributed by atoms with van der Waals surface area (Å²) in [5.74, 6) is 0. The number of nitrogens with one attached hydrogen (secondary N) is 1. The number of hydrogen-bond donors (Lipinski definition) is 1. The van der Waals surface area contributed by atoms with E-state index in [1.165, 1.54) is 29.0 Å². The minimum atomic E-state index is 0.723. The van der Waals surface area contributed by atoms with Crippen LogP contribution in [0.25, 0.3) is 0 Å². The van der Waals surface area contributed by atoms with E-state index in [1.54, 1.807) is 0 Å². The van der Waals surface area contributed by atoms with Crippen molar-refractivity contribution in [3.8, 4) is 0 Å². The molecule has 1 aromatic carbocycles. The summed E-state index contributed by atoms with van der Waals surface area (Å²) >= 11 is 8.04. The first-order valence-electron chi connectivity index (χ1n) is 7.55. The Morgan fingerprint density at radius 1 is 1.33 bits per heavy atom. The molecule has 1 saturated carbocycles. The number of rotatable bonds is 7. The van der Waals surface area contributed by atoms with Gasteiger partial charge in [0.15, 0.2) is 0 Å². The lowest BCUT2D eigenvalue weighted by Crippen LogP contribution is -2.24. The van der Waals surface area contributed by atoms with Crippen molar-refractivity contribution in [1.29, 1.82) is 0 Å². The molecule has 1 fully saturated rings. The molecule has 4 heteroatoms. The summed E-state index contributed by atoms with van der Waals surface area (Å²) in [7, 11) is 0. The van der Waals surface area contributed by atoms with Crippen molar-refractivity contribution >= 4 is 28.6 Å². The Bertz CT molecular complexity index is 578. The Kier molecular flexibility index (Phi) is 4.84. The molecule has 0 amide bonds. The molecule has 0 spiro atoms. The molecule has 112 valence electrons. The molecule has 0 saturated heterocycles. The normalized spacial score (nSPS) is 14.4. The van der Waals surface area contributed by atoms with E-state index in [2.05, 4.69) is 46.8 Å². The van der Waals surface area contributed by atoms with Crippen molar-refractivity contribution < 1.29 is 0 Å².